The highest BCUT2D eigenvalue weighted by molar-refractivity contribution is 6.31. The van der Waals surface area contributed by atoms with Crippen molar-refractivity contribution < 1.29 is 9.84 Å². The van der Waals surface area contributed by atoms with E-state index < -0.39 is 0 Å². The molecule has 1 aromatic rings. The molecule has 1 heterocycles. The van der Waals surface area contributed by atoms with Crippen LogP contribution in [0.2, 0.25) is 5.02 Å². The number of hydrogen-bond acceptors (Lipinski definition) is 3. The van der Waals surface area contributed by atoms with Gasteiger partial charge in [0.2, 0.25) is 0 Å². The average molecular weight is 270 g/mol. The van der Waals surface area contributed by atoms with Crippen molar-refractivity contribution >= 4 is 11.6 Å². The van der Waals surface area contributed by atoms with Crippen LogP contribution in [0.15, 0.2) is 6.07 Å². The third-order valence-electron chi connectivity index (χ3n) is 3.70. The molecule has 1 atom stereocenters. The summed E-state index contributed by atoms with van der Waals surface area (Å²) in [6, 6.07) is 1.68. The van der Waals surface area contributed by atoms with Gasteiger partial charge >= 0.3 is 0 Å². The third-order valence-corrected chi connectivity index (χ3v) is 4.09. The highest BCUT2D eigenvalue weighted by Crippen LogP contribution is 2.38. The van der Waals surface area contributed by atoms with Crippen LogP contribution in [0, 0.1) is 12.8 Å². The van der Waals surface area contributed by atoms with Crippen molar-refractivity contribution in [1.29, 1.82) is 0 Å². The molecule has 1 unspecified atom stereocenters. The molecule has 1 aromatic carbocycles. The zero-order valence-corrected chi connectivity index (χ0v) is 11.7. The lowest BCUT2D eigenvalue weighted by Crippen LogP contribution is -2.31. The minimum Gasteiger partial charge on any atom is -0.504 e. The molecule has 1 aliphatic heterocycles. The van der Waals surface area contributed by atoms with Gasteiger partial charge in [0.15, 0.2) is 11.5 Å². The molecular weight excluding hydrogens is 250 g/mol. The Labute approximate surface area is 113 Å². The number of methoxy groups -OCH3 is 1. The summed E-state index contributed by atoms with van der Waals surface area (Å²) in [6.07, 6.45) is 3.24. The first-order chi connectivity index (χ1) is 8.63. The van der Waals surface area contributed by atoms with Crippen LogP contribution in [0.3, 0.4) is 0 Å². The maximum absolute atomic E-state index is 10.2. The Kier molecular flexibility index (Phi) is 4.36. The quantitative estimate of drug-likeness (QED) is 0.887. The van der Waals surface area contributed by atoms with Crippen molar-refractivity contribution in [1.82, 2.24) is 5.32 Å². The van der Waals surface area contributed by atoms with Crippen molar-refractivity contribution in [2.75, 3.05) is 20.2 Å². The second-order valence-electron chi connectivity index (χ2n) is 4.93. The van der Waals surface area contributed by atoms with E-state index in [2.05, 4.69) is 5.32 Å². The molecular formula is C14H20ClNO2. The minimum absolute atomic E-state index is 0.241. The largest absolute Gasteiger partial charge is 0.504 e. The lowest BCUT2D eigenvalue weighted by atomic mass is 9.90. The zero-order chi connectivity index (χ0) is 13.1. The highest BCUT2D eigenvalue weighted by atomic mass is 35.5. The molecule has 18 heavy (non-hydrogen) atoms. The first kappa shape index (κ1) is 13.5. The number of ether oxygens (including phenoxy) is 1. The second kappa shape index (κ2) is 5.81. The summed E-state index contributed by atoms with van der Waals surface area (Å²) in [6.45, 7) is 4.06. The lowest BCUT2D eigenvalue weighted by molar-refractivity contribution is 0.353. The van der Waals surface area contributed by atoms with Gasteiger partial charge in [0, 0.05) is 16.7 Å². The second-order valence-corrected chi connectivity index (χ2v) is 5.34. The average Bonchev–Trinajstić information content (AvgIpc) is 2.40. The predicted molar refractivity (Wildman–Crippen MR) is 73.7 cm³/mol. The smallest absolute Gasteiger partial charge is 0.162 e. The summed E-state index contributed by atoms with van der Waals surface area (Å²) in [5, 5.41) is 14.3. The number of phenolic OH excluding ortho intramolecular Hbond substituents is 1. The fourth-order valence-corrected chi connectivity index (χ4v) is 2.77. The molecule has 4 heteroatoms. The minimum atomic E-state index is 0.241. The van der Waals surface area contributed by atoms with Crippen LogP contribution in [0.1, 0.15) is 24.0 Å². The van der Waals surface area contributed by atoms with E-state index >= 15 is 0 Å². The number of rotatable bonds is 3. The Morgan fingerprint density at radius 3 is 2.94 bits per heavy atom. The van der Waals surface area contributed by atoms with Crippen molar-refractivity contribution in [3.63, 3.8) is 0 Å². The van der Waals surface area contributed by atoms with Crippen molar-refractivity contribution in [2.24, 2.45) is 5.92 Å². The van der Waals surface area contributed by atoms with Gasteiger partial charge in [-0.3, -0.25) is 0 Å². The van der Waals surface area contributed by atoms with Crippen LogP contribution < -0.4 is 10.1 Å². The number of piperidine rings is 1. The normalized spacial score (nSPS) is 19.8. The molecule has 1 aliphatic rings. The molecule has 0 amide bonds. The number of hydrogen-bond donors (Lipinski definition) is 2. The van der Waals surface area contributed by atoms with E-state index in [9.17, 15) is 5.11 Å². The lowest BCUT2D eigenvalue weighted by Gasteiger charge is -2.24. The molecule has 0 saturated carbocycles. The van der Waals surface area contributed by atoms with Crippen molar-refractivity contribution in [2.45, 2.75) is 26.2 Å². The monoisotopic (exact) mass is 269 g/mol. The van der Waals surface area contributed by atoms with Crippen LogP contribution in [0.4, 0.5) is 0 Å². The Morgan fingerprint density at radius 2 is 2.33 bits per heavy atom. The molecule has 2 N–H and O–H groups in total. The van der Waals surface area contributed by atoms with E-state index in [-0.39, 0.29) is 5.75 Å². The van der Waals surface area contributed by atoms with Gasteiger partial charge in [-0.05, 0) is 50.8 Å². The van der Waals surface area contributed by atoms with Crippen LogP contribution in [0.5, 0.6) is 11.5 Å². The summed E-state index contributed by atoms with van der Waals surface area (Å²) < 4.78 is 5.16. The van der Waals surface area contributed by atoms with Gasteiger partial charge in [0.25, 0.3) is 0 Å². The fraction of sp³-hybridized carbons (Fsp3) is 0.571. The van der Waals surface area contributed by atoms with E-state index in [0.717, 1.165) is 30.6 Å². The van der Waals surface area contributed by atoms with Crippen LogP contribution in [-0.2, 0) is 6.42 Å². The molecule has 0 aromatic heterocycles. The first-order valence-corrected chi connectivity index (χ1v) is 6.77. The Morgan fingerprint density at radius 1 is 1.56 bits per heavy atom. The molecule has 1 saturated heterocycles. The van der Waals surface area contributed by atoms with Crippen LogP contribution >= 0.6 is 11.6 Å². The molecule has 0 aliphatic carbocycles. The van der Waals surface area contributed by atoms with Gasteiger partial charge in [-0.25, -0.2) is 0 Å². The Bertz CT molecular complexity index is 428. The summed E-state index contributed by atoms with van der Waals surface area (Å²) in [4.78, 5) is 0. The molecule has 3 nitrogen and oxygen atoms in total. The molecule has 0 spiro atoms. The summed E-state index contributed by atoms with van der Waals surface area (Å²) >= 11 is 6.18. The number of phenols is 1. The van der Waals surface area contributed by atoms with E-state index in [1.54, 1.807) is 13.2 Å². The molecule has 1 fully saturated rings. The van der Waals surface area contributed by atoms with Gasteiger partial charge in [-0.1, -0.05) is 11.6 Å². The van der Waals surface area contributed by atoms with Gasteiger partial charge in [-0.2, -0.15) is 0 Å². The predicted octanol–water partition coefficient (Wildman–Crippen LogP) is 2.90. The Balaban J connectivity index is 2.27. The molecule has 0 bridgehead atoms. The number of aromatic hydroxyl groups is 1. The van der Waals surface area contributed by atoms with Gasteiger partial charge in [0.05, 0.1) is 7.11 Å². The van der Waals surface area contributed by atoms with E-state index in [1.807, 2.05) is 6.92 Å². The number of nitrogens with one attached hydrogen (secondary N) is 1. The maximum Gasteiger partial charge on any atom is 0.162 e. The van der Waals surface area contributed by atoms with Crippen molar-refractivity contribution in [3.05, 3.63) is 22.2 Å². The van der Waals surface area contributed by atoms with Gasteiger partial charge in [-0.15, -0.1) is 0 Å². The first-order valence-electron chi connectivity index (χ1n) is 6.39. The number of benzene rings is 1. The van der Waals surface area contributed by atoms with Gasteiger partial charge < -0.3 is 15.2 Å². The number of halogens is 1. The standard InChI is InChI=1S/C14H20ClNO2/c1-9-11(6-10-4-3-5-16-8-10)14(17)13(18-2)7-12(9)15/h7,10,16-17H,3-6,8H2,1-2H3. The zero-order valence-electron chi connectivity index (χ0n) is 10.9. The van der Waals surface area contributed by atoms with Gasteiger partial charge in [0.1, 0.15) is 0 Å². The Hall–Kier alpha value is -0.930. The molecule has 2 rings (SSSR count). The summed E-state index contributed by atoms with van der Waals surface area (Å²) in [5.74, 6) is 1.26. The topological polar surface area (TPSA) is 41.5 Å². The van der Waals surface area contributed by atoms with E-state index in [4.69, 9.17) is 16.3 Å². The molecule has 0 radical (unpaired) electrons. The molecule has 100 valence electrons. The van der Waals surface area contributed by atoms with Crippen molar-refractivity contribution in [3.8, 4) is 11.5 Å². The van der Waals surface area contributed by atoms with E-state index in [0.29, 0.717) is 16.7 Å². The van der Waals surface area contributed by atoms with Crippen LogP contribution in [0.25, 0.3) is 0 Å². The third kappa shape index (κ3) is 2.73. The van der Waals surface area contributed by atoms with E-state index in [1.165, 1.54) is 12.8 Å². The summed E-state index contributed by atoms with van der Waals surface area (Å²) in [7, 11) is 1.55. The summed E-state index contributed by atoms with van der Waals surface area (Å²) in [5.41, 5.74) is 1.88. The SMILES string of the molecule is COc1cc(Cl)c(C)c(CC2CCCNC2)c1O. The fourth-order valence-electron chi connectivity index (χ4n) is 2.55. The van der Waals surface area contributed by atoms with Crippen LogP contribution in [-0.4, -0.2) is 25.3 Å². The highest BCUT2D eigenvalue weighted by Gasteiger charge is 2.20. The maximum atomic E-state index is 10.2.